The Hall–Kier alpha value is -2.65. The number of aryl methyl sites for hydroxylation is 1. The van der Waals surface area contributed by atoms with Gasteiger partial charge in [-0.1, -0.05) is 0 Å². The molecule has 27 heavy (non-hydrogen) atoms. The van der Waals surface area contributed by atoms with E-state index in [0.717, 1.165) is 18.5 Å². The van der Waals surface area contributed by atoms with Gasteiger partial charge in [-0.15, -0.1) is 0 Å². The standard InChI is InChI=1S/C17H18F3N5O2/c18-17(19,20)11-4-6-24(7-5-11)15(27)10-8-21-25(9-10)16-22-13-3-1-2-12(13)14(26)23-16/h8-9,11H,1-7H2,(H,22,23,26). The lowest BCUT2D eigenvalue weighted by molar-refractivity contribution is -0.183. The van der Waals surface area contributed by atoms with Crippen LogP contribution in [0.15, 0.2) is 17.2 Å². The highest BCUT2D eigenvalue weighted by atomic mass is 19.4. The number of carbonyl (C=O) groups is 1. The van der Waals surface area contributed by atoms with Crippen LogP contribution in [0.2, 0.25) is 0 Å². The Morgan fingerprint density at radius 1 is 1.22 bits per heavy atom. The van der Waals surface area contributed by atoms with E-state index in [0.29, 0.717) is 12.0 Å². The van der Waals surface area contributed by atoms with Gasteiger partial charge in [-0.25, -0.2) is 9.67 Å². The van der Waals surface area contributed by atoms with Crippen molar-refractivity contribution in [3.63, 3.8) is 0 Å². The fourth-order valence-corrected chi connectivity index (χ4v) is 3.68. The third kappa shape index (κ3) is 3.35. The van der Waals surface area contributed by atoms with Gasteiger partial charge in [-0.2, -0.15) is 18.3 Å². The van der Waals surface area contributed by atoms with E-state index in [1.807, 2.05) is 0 Å². The monoisotopic (exact) mass is 381 g/mol. The van der Waals surface area contributed by atoms with Gasteiger partial charge in [-0.3, -0.25) is 14.6 Å². The molecule has 0 aromatic carbocycles. The third-order valence-electron chi connectivity index (χ3n) is 5.22. The Balaban J connectivity index is 1.49. The third-order valence-corrected chi connectivity index (χ3v) is 5.22. The number of piperidine rings is 1. The van der Waals surface area contributed by atoms with Crippen molar-refractivity contribution >= 4 is 5.91 Å². The number of likely N-dealkylation sites (tertiary alicyclic amines) is 1. The van der Waals surface area contributed by atoms with Crippen LogP contribution in [0.5, 0.6) is 0 Å². The van der Waals surface area contributed by atoms with Crippen LogP contribution in [0.25, 0.3) is 5.95 Å². The smallest absolute Gasteiger partial charge is 0.339 e. The lowest BCUT2D eigenvalue weighted by atomic mass is 9.96. The van der Waals surface area contributed by atoms with Crippen LogP contribution in [-0.2, 0) is 12.8 Å². The maximum absolute atomic E-state index is 12.8. The summed E-state index contributed by atoms with van der Waals surface area (Å²) in [6.45, 7) is 0.115. The number of carbonyl (C=O) groups excluding carboxylic acids is 1. The van der Waals surface area contributed by atoms with Crippen molar-refractivity contribution in [1.29, 1.82) is 0 Å². The number of hydrogen-bond donors (Lipinski definition) is 1. The van der Waals surface area contributed by atoms with Crippen molar-refractivity contribution in [3.05, 3.63) is 39.6 Å². The molecule has 0 unspecified atom stereocenters. The van der Waals surface area contributed by atoms with Crippen LogP contribution in [0.4, 0.5) is 13.2 Å². The summed E-state index contributed by atoms with van der Waals surface area (Å²) < 4.78 is 39.6. The first-order chi connectivity index (χ1) is 12.8. The Bertz CT molecular complexity index is 925. The first-order valence-corrected chi connectivity index (χ1v) is 8.86. The second-order valence-electron chi connectivity index (χ2n) is 6.95. The van der Waals surface area contributed by atoms with E-state index in [4.69, 9.17) is 0 Å². The molecule has 2 aromatic rings. The van der Waals surface area contributed by atoms with Crippen molar-refractivity contribution in [2.24, 2.45) is 5.92 Å². The summed E-state index contributed by atoms with van der Waals surface area (Å²) in [6.07, 6.45) is 0.689. The number of H-pyrrole nitrogens is 1. The summed E-state index contributed by atoms with van der Waals surface area (Å²) in [6, 6.07) is 0. The molecule has 2 aromatic heterocycles. The second-order valence-corrected chi connectivity index (χ2v) is 6.95. The molecule has 0 spiro atoms. The fraction of sp³-hybridized carbons (Fsp3) is 0.529. The highest BCUT2D eigenvalue weighted by Gasteiger charge is 2.41. The molecule has 1 amide bonds. The minimum Gasteiger partial charge on any atom is -0.339 e. The highest BCUT2D eigenvalue weighted by molar-refractivity contribution is 5.93. The average molecular weight is 381 g/mol. The zero-order valence-electron chi connectivity index (χ0n) is 14.4. The normalized spacial score (nSPS) is 18.0. The number of aromatic amines is 1. The maximum Gasteiger partial charge on any atom is 0.391 e. The second kappa shape index (κ2) is 6.50. The molecular weight excluding hydrogens is 363 g/mol. The Morgan fingerprint density at radius 3 is 2.67 bits per heavy atom. The van der Waals surface area contributed by atoms with E-state index in [9.17, 15) is 22.8 Å². The lowest BCUT2D eigenvalue weighted by Crippen LogP contribution is -2.42. The van der Waals surface area contributed by atoms with Crippen molar-refractivity contribution in [3.8, 4) is 5.95 Å². The number of amides is 1. The summed E-state index contributed by atoms with van der Waals surface area (Å²) in [7, 11) is 0. The van der Waals surface area contributed by atoms with E-state index in [2.05, 4.69) is 15.1 Å². The van der Waals surface area contributed by atoms with Gasteiger partial charge < -0.3 is 4.90 Å². The van der Waals surface area contributed by atoms with Crippen LogP contribution in [0, 0.1) is 5.92 Å². The summed E-state index contributed by atoms with van der Waals surface area (Å²) in [5.74, 6) is -1.49. The van der Waals surface area contributed by atoms with Gasteiger partial charge in [0.05, 0.1) is 23.4 Å². The number of rotatable bonds is 2. The molecule has 1 saturated heterocycles. The van der Waals surface area contributed by atoms with Crippen LogP contribution in [0.1, 0.15) is 40.9 Å². The molecule has 2 aliphatic rings. The Kier molecular flexibility index (Phi) is 4.27. The molecule has 0 bridgehead atoms. The molecule has 144 valence electrons. The predicted molar refractivity (Wildman–Crippen MR) is 88.7 cm³/mol. The molecule has 1 fully saturated rings. The van der Waals surface area contributed by atoms with Crippen LogP contribution >= 0.6 is 0 Å². The first kappa shape index (κ1) is 17.7. The molecule has 1 aliphatic heterocycles. The van der Waals surface area contributed by atoms with Gasteiger partial charge in [0.1, 0.15) is 0 Å². The minimum atomic E-state index is -4.22. The Morgan fingerprint density at radius 2 is 1.96 bits per heavy atom. The number of nitrogens with zero attached hydrogens (tertiary/aromatic N) is 4. The van der Waals surface area contributed by atoms with Gasteiger partial charge in [0.15, 0.2) is 0 Å². The number of halogens is 3. The van der Waals surface area contributed by atoms with Gasteiger partial charge in [0.2, 0.25) is 5.95 Å². The van der Waals surface area contributed by atoms with Gasteiger partial charge in [-0.05, 0) is 32.1 Å². The molecule has 7 nitrogen and oxygen atoms in total. The topological polar surface area (TPSA) is 83.9 Å². The molecule has 0 radical (unpaired) electrons. The molecule has 1 N–H and O–H groups in total. The lowest BCUT2D eigenvalue weighted by Gasteiger charge is -2.32. The van der Waals surface area contributed by atoms with Crippen molar-refractivity contribution in [2.45, 2.75) is 38.3 Å². The number of nitrogens with one attached hydrogen (secondary N) is 1. The molecule has 0 saturated carbocycles. The van der Waals surface area contributed by atoms with E-state index < -0.39 is 12.1 Å². The zero-order chi connectivity index (χ0) is 19.2. The minimum absolute atomic E-state index is 0.0577. The van der Waals surface area contributed by atoms with E-state index in [1.54, 1.807) is 0 Å². The zero-order valence-corrected chi connectivity index (χ0v) is 14.4. The van der Waals surface area contributed by atoms with Crippen LogP contribution in [0.3, 0.4) is 0 Å². The summed E-state index contributed by atoms with van der Waals surface area (Å²) in [5, 5.41) is 4.08. The average Bonchev–Trinajstić information content (AvgIpc) is 3.30. The largest absolute Gasteiger partial charge is 0.391 e. The molecule has 1 aliphatic carbocycles. The first-order valence-electron chi connectivity index (χ1n) is 8.86. The predicted octanol–water partition coefficient (Wildman–Crippen LogP) is 1.86. The van der Waals surface area contributed by atoms with E-state index in [-0.39, 0.29) is 48.9 Å². The number of aromatic nitrogens is 4. The van der Waals surface area contributed by atoms with Crippen LogP contribution < -0.4 is 5.56 Å². The molecule has 4 rings (SSSR count). The summed E-state index contributed by atoms with van der Waals surface area (Å²) in [5.41, 5.74) is 1.48. The van der Waals surface area contributed by atoms with Gasteiger partial charge in [0.25, 0.3) is 11.5 Å². The fourth-order valence-electron chi connectivity index (χ4n) is 3.68. The molecule has 3 heterocycles. The van der Waals surface area contributed by atoms with E-state index in [1.165, 1.54) is 22.0 Å². The number of alkyl halides is 3. The summed E-state index contributed by atoms with van der Waals surface area (Å²) >= 11 is 0. The van der Waals surface area contributed by atoms with E-state index >= 15 is 0 Å². The van der Waals surface area contributed by atoms with Crippen molar-refractivity contribution < 1.29 is 18.0 Å². The number of fused-ring (bicyclic) bond motifs is 1. The van der Waals surface area contributed by atoms with Crippen molar-refractivity contribution in [2.75, 3.05) is 13.1 Å². The molecular formula is C17H18F3N5O2. The summed E-state index contributed by atoms with van der Waals surface area (Å²) in [4.78, 5) is 33.1. The van der Waals surface area contributed by atoms with Crippen molar-refractivity contribution in [1.82, 2.24) is 24.6 Å². The SMILES string of the molecule is O=C(c1cnn(-c2nc3c(c(=O)[nH]2)CCC3)c1)N1CCC(C(F)(F)F)CC1. The maximum atomic E-state index is 12.8. The highest BCUT2D eigenvalue weighted by Crippen LogP contribution is 2.34. The Labute approximate surface area is 152 Å². The van der Waals surface area contributed by atoms with Gasteiger partial charge >= 0.3 is 6.18 Å². The molecule has 10 heteroatoms. The van der Waals surface area contributed by atoms with Gasteiger partial charge in [0, 0.05) is 24.8 Å². The van der Waals surface area contributed by atoms with Crippen LogP contribution in [-0.4, -0.2) is 49.8 Å². The number of hydrogen-bond acceptors (Lipinski definition) is 4. The quantitative estimate of drug-likeness (QED) is 0.861. The molecule has 0 atom stereocenters.